The van der Waals surface area contributed by atoms with E-state index in [9.17, 15) is 13.2 Å². The molecule has 166 valence electrons. The van der Waals surface area contributed by atoms with Gasteiger partial charge >= 0.3 is 0 Å². The number of nitrogens with one attached hydrogen (secondary N) is 1. The predicted molar refractivity (Wildman–Crippen MR) is 119 cm³/mol. The van der Waals surface area contributed by atoms with Gasteiger partial charge in [0.25, 0.3) is 0 Å². The van der Waals surface area contributed by atoms with E-state index >= 15 is 0 Å². The lowest BCUT2D eigenvalue weighted by Crippen LogP contribution is -2.35. The van der Waals surface area contributed by atoms with Crippen molar-refractivity contribution in [2.24, 2.45) is 0 Å². The van der Waals surface area contributed by atoms with E-state index in [-0.39, 0.29) is 17.3 Å². The van der Waals surface area contributed by atoms with Crippen molar-refractivity contribution in [3.05, 3.63) is 59.2 Å². The van der Waals surface area contributed by atoms with Crippen molar-refractivity contribution >= 4 is 21.6 Å². The summed E-state index contributed by atoms with van der Waals surface area (Å²) in [5.41, 5.74) is 3.83. The van der Waals surface area contributed by atoms with Gasteiger partial charge in [-0.05, 0) is 47.7 Å². The fourth-order valence-electron chi connectivity index (χ4n) is 4.11. The number of anilines is 1. The molecule has 0 unspecified atom stereocenters. The zero-order chi connectivity index (χ0) is 21.8. The molecular formula is C23H29N3O4S. The maximum atomic E-state index is 12.8. The van der Waals surface area contributed by atoms with E-state index in [0.29, 0.717) is 6.54 Å². The number of hydrogen-bond donors (Lipinski definition) is 1. The highest BCUT2D eigenvalue weighted by Crippen LogP contribution is 2.29. The normalized spacial score (nSPS) is 17.4. The van der Waals surface area contributed by atoms with Crippen LogP contribution < -0.4 is 9.62 Å². The Bertz CT molecular complexity index is 1030. The summed E-state index contributed by atoms with van der Waals surface area (Å²) in [6.45, 7) is 6.74. The van der Waals surface area contributed by atoms with Gasteiger partial charge in [0.15, 0.2) is 0 Å². The molecule has 0 saturated carbocycles. The van der Waals surface area contributed by atoms with Crippen LogP contribution in [0.1, 0.15) is 30.0 Å². The first-order valence-corrected chi connectivity index (χ1v) is 12.2. The number of nitrogens with zero attached hydrogens (tertiary/aromatic N) is 2. The average molecular weight is 444 g/mol. The Morgan fingerprint density at radius 2 is 1.74 bits per heavy atom. The molecular weight excluding hydrogens is 414 g/mol. The van der Waals surface area contributed by atoms with Crippen molar-refractivity contribution in [2.75, 3.05) is 37.7 Å². The second-order valence-corrected chi connectivity index (χ2v) is 9.86. The molecule has 7 nitrogen and oxygen atoms in total. The summed E-state index contributed by atoms with van der Waals surface area (Å²) in [4.78, 5) is 16.1. The number of morpholine rings is 1. The summed E-state index contributed by atoms with van der Waals surface area (Å²) >= 11 is 0. The van der Waals surface area contributed by atoms with Crippen LogP contribution in [0.2, 0.25) is 0 Å². The van der Waals surface area contributed by atoms with E-state index < -0.39 is 10.0 Å². The molecule has 0 aromatic heterocycles. The van der Waals surface area contributed by atoms with Crippen LogP contribution in [0.5, 0.6) is 0 Å². The van der Waals surface area contributed by atoms with Gasteiger partial charge in [-0.3, -0.25) is 9.69 Å². The molecule has 0 atom stereocenters. The summed E-state index contributed by atoms with van der Waals surface area (Å²) in [5.74, 6) is -0.0215. The number of hydrogen-bond acceptors (Lipinski definition) is 5. The molecule has 1 N–H and O–H groups in total. The Hall–Kier alpha value is -2.26. The number of sulfonamides is 1. The number of rotatable bonds is 6. The van der Waals surface area contributed by atoms with Crippen molar-refractivity contribution in [1.29, 1.82) is 0 Å². The van der Waals surface area contributed by atoms with Crippen LogP contribution in [0.3, 0.4) is 0 Å². The van der Waals surface area contributed by atoms with Crippen LogP contribution in [0.4, 0.5) is 5.69 Å². The van der Waals surface area contributed by atoms with Crippen LogP contribution >= 0.6 is 0 Å². The molecule has 0 bridgehead atoms. The minimum atomic E-state index is -3.64. The highest BCUT2D eigenvalue weighted by atomic mass is 32.2. The zero-order valence-corrected chi connectivity index (χ0v) is 18.7. The first kappa shape index (κ1) is 22.0. The van der Waals surface area contributed by atoms with E-state index in [1.165, 1.54) is 12.5 Å². The van der Waals surface area contributed by atoms with Crippen molar-refractivity contribution in [1.82, 2.24) is 9.62 Å². The third kappa shape index (κ3) is 5.33. The maximum absolute atomic E-state index is 12.8. The van der Waals surface area contributed by atoms with E-state index in [1.807, 2.05) is 24.3 Å². The lowest BCUT2D eigenvalue weighted by atomic mass is 10.0. The van der Waals surface area contributed by atoms with E-state index in [1.54, 1.807) is 23.1 Å². The number of ether oxygens (including phenoxy) is 1. The Kier molecular flexibility index (Phi) is 6.71. The maximum Gasteiger partial charge on any atom is 0.240 e. The number of carbonyl (C=O) groups excluding carboxylic acids is 1. The van der Waals surface area contributed by atoms with Gasteiger partial charge in [0.05, 0.1) is 18.1 Å². The Balaban J connectivity index is 1.39. The molecule has 8 heteroatoms. The second kappa shape index (κ2) is 9.48. The molecule has 1 saturated heterocycles. The Morgan fingerprint density at radius 3 is 2.45 bits per heavy atom. The minimum Gasteiger partial charge on any atom is -0.379 e. The van der Waals surface area contributed by atoms with E-state index in [4.69, 9.17) is 4.74 Å². The summed E-state index contributed by atoms with van der Waals surface area (Å²) in [6, 6.07) is 13.0. The van der Waals surface area contributed by atoms with Gasteiger partial charge in [0.1, 0.15) is 0 Å². The third-order valence-corrected chi connectivity index (χ3v) is 7.26. The molecule has 0 spiro atoms. The smallest absolute Gasteiger partial charge is 0.240 e. The van der Waals surface area contributed by atoms with Crippen molar-refractivity contribution in [3.63, 3.8) is 0 Å². The van der Waals surface area contributed by atoms with Gasteiger partial charge in [-0.15, -0.1) is 0 Å². The van der Waals surface area contributed by atoms with Crippen molar-refractivity contribution < 1.29 is 17.9 Å². The molecule has 4 rings (SSSR count). The van der Waals surface area contributed by atoms with Gasteiger partial charge in [-0.2, -0.15) is 0 Å². The summed E-state index contributed by atoms with van der Waals surface area (Å²) in [7, 11) is -3.64. The molecule has 2 aromatic rings. The average Bonchev–Trinajstić information content (AvgIpc) is 2.78. The standard InChI is InChI=1S/C23H29N3O4S/c1-18(27)26-10-2-3-21-15-22(8-9-23(21)26)31(28,29)24-16-19-4-6-20(7-5-19)17-25-11-13-30-14-12-25/h4-9,15,24H,2-3,10-14,16-17H2,1H3. The van der Waals surface area contributed by atoms with E-state index in [0.717, 1.165) is 62.5 Å². The fourth-order valence-corrected chi connectivity index (χ4v) is 5.18. The molecule has 2 aliphatic rings. The third-order valence-electron chi connectivity index (χ3n) is 5.86. The monoisotopic (exact) mass is 443 g/mol. The Labute approximate surface area is 184 Å². The first-order chi connectivity index (χ1) is 14.9. The van der Waals surface area contributed by atoms with E-state index in [2.05, 4.69) is 9.62 Å². The van der Waals surface area contributed by atoms with Gasteiger partial charge in [0.2, 0.25) is 15.9 Å². The number of amides is 1. The lowest BCUT2D eigenvalue weighted by Gasteiger charge is -2.28. The van der Waals surface area contributed by atoms with Crippen molar-refractivity contribution in [3.8, 4) is 0 Å². The number of carbonyl (C=O) groups is 1. The number of benzene rings is 2. The molecule has 0 radical (unpaired) electrons. The topological polar surface area (TPSA) is 79.0 Å². The second-order valence-electron chi connectivity index (χ2n) is 8.09. The van der Waals surface area contributed by atoms with Gasteiger partial charge in [-0.1, -0.05) is 24.3 Å². The highest BCUT2D eigenvalue weighted by Gasteiger charge is 2.23. The largest absolute Gasteiger partial charge is 0.379 e. The molecule has 1 fully saturated rings. The minimum absolute atomic E-state index is 0.0215. The summed E-state index contributed by atoms with van der Waals surface area (Å²) < 4.78 is 33.7. The summed E-state index contributed by atoms with van der Waals surface area (Å²) in [6.07, 6.45) is 1.60. The summed E-state index contributed by atoms with van der Waals surface area (Å²) in [5, 5.41) is 0. The lowest BCUT2D eigenvalue weighted by molar-refractivity contribution is -0.116. The van der Waals surface area contributed by atoms with Crippen LogP contribution in [0, 0.1) is 0 Å². The fraction of sp³-hybridized carbons (Fsp3) is 0.435. The van der Waals surface area contributed by atoms with Gasteiger partial charge in [-0.25, -0.2) is 13.1 Å². The molecule has 0 aliphatic carbocycles. The van der Waals surface area contributed by atoms with Gasteiger partial charge < -0.3 is 9.64 Å². The highest BCUT2D eigenvalue weighted by molar-refractivity contribution is 7.89. The van der Waals surface area contributed by atoms with Crippen molar-refractivity contribution in [2.45, 2.75) is 37.8 Å². The molecule has 2 aliphatic heterocycles. The number of aryl methyl sites for hydroxylation is 1. The zero-order valence-electron chi connectivity index (χ0n) is 17.8. The molecule has 2 aromatic carbocycles. The quantitative estimate of drug-likeness (QED) is 0.741. The van der Waals surface area contributed by atoms with Crippen LogP contribution in [0.25, 0.3) is 0 Å². The molecule has 31 heavy (non-hydrogen) atoms. The SMILES string of the molecule is CC(=O)N1CCCc2cc(S(=O)(=O)NCc3ccc(CN4CCOCC4)cc3)ccc21. The van der Waals surface area contributed by atoms with Crippen LogP contribution in [-0.4, -0.2) is 52.1 Å². The Morgan fingerprint density at radius 1 is 1.03 bits per heavy atom. The first-order valence-electron chi connectivity index (χ1n) is 10.7. The van der Waals surface area contributed by atoms with Gasteiger partial charge in [0, 0.05) is 45.3 Å². The number of fused-ring (bicyclic) bond motifs is 1. The molecule has 2 heterocycles. The van der Waals surface area contributed by atoms with Crippen LogP contribution in [-0.2, 0) is 39.1 Å². The molecule has 1 amide bonds. The van der Waals surface area contributed by atoms with Crippen LogP contribution in [0.15, 0.2) is 47.4 Å². The predicted octanol–water partition coefficient (Wildman–Crippen LogP) is 2.30.